The molecule has 1 aromatic carbocycles. The average molecular weight is 294 g/mol. The predicted molar refractivity (Wildman–Crippen MR) is 81.5 cm³/mol. The summed E-state index contributed by atoms with van der Waals surface area (Å²) in [5.74, 6) is 0.675. The van der Waals surface area contributed by atoms with Crippen LogP contribution in [0.1, 0.15) is 45.6 Å². The Labute approximate surface area is 124 Å². The molecule has 0 saturated carbocycles. The first-order valence-corrected chi connectivity index (χ1v) is 7.35. The lowest BCUT2D eigenvalue weighted by Gasteiger charge is -2.14. The van der Waals surface area contributed by atoms with E-state index in [-0.39, 0.29) is 6.04 Å². The van der Waals surface area contributed by atoms with Crippen LogP contribution >= 0.6 is 11.6 Å². The largest absolute Gasteiger partial charge is 0.397 e. The molecule has 0 aliphatic heterocycles. The number of nitrogen functional groups attached to an aromatic ring is 1. The smallest absolute Gasteiger partial charge is 0.184 e. The van der Waals surface area contributed by atoms with Crippen molar-refractivity contribution in [1.82, 2.24) is 20.2 Å². The summed E-state index contributed by atoms with van der Waals surface area (Å²) in [4.78, 5) is 0. The van der Waals surface area contributed by atoms with Crippen LogP contribution in [0.3, 0.4) is 0 Å². The fourth-order valence-electron chi connectivity index (χ4n) is 2.21. The predicted octanol–water partition coefficient (Wildman–Crippen LogP) is 3.72. The molecule has 0 fully saturated rings. The van der Waals surface area contributed by atoms with Crippen LogP contribution in [0.25, 0.3) is 11.4 Å². The zero-order chi connectivity index (χ0) is 14.5. The highest BCUT2D eigenvalue weighted by atomic mass is 35.5. The zero-order valence-electron chi connectivity index (χ0n) is 11.9. The highest BCUT2D eigenvalue weighted by Crippen LogP contribution is 2.31. The third kappa shape index (κ3) is 3.10. The molecule has 1 heterocycles. The average Bonchev–Trinajstić information content (AvgIpc) is 2.91. The Balaban J connectivity index is 2.26. The van der Waals surface area contributed by atoms with Gasteiger partial charge in [0, 0.05) is 5.56 Å². The summed E-state index contributed by atoms with van der Waals surface area (Å²) in [7, 11) is 0. The quantitative estimate of drug-likeness (QED) is 0.651. The van der Waals surface area contributed by atoms with Gasteiger partial charge in [0.05, 0.1) is 16.8 Å². The van der Waals surface area contributed by atoms with E-state index in [0.717, 1.165) is 12.0 Å². The first kappa shape index (κ1) is 14.8. The fourth-order valence-corrected chi connectivity index (χ4v) is 2.39. The fraction of sp³-hybridized carbons (Fsp3) is 0.500. The molecule has 0 spiro atoms. The van der Waals surface area contributed by atoms with Crippen LogP contribution in [0.2, 0.25) is 5.02 Å². The summed E-state index contributed by atoms with van der Waals surface area (Å²) >= 11 is 6.06. The van der Waals surface area contributed by atoms with Crippen molar-refractivity contribution in [3.8, 4) is 11.4 Å². The number of halogens is 1. The Kier molecular flexibility index (Phi) is 4.95. The minimum Gasteiger partial charge on any atom is -0.397 e. The van der Waals surface area contributed by atoms with E-state index in [1.807, 2.05) is 16.8 Å². The minimum absolute atomic E-state index is 0.241. The molecule has 0 saturated heterocycles. The lowest BCUT2D eigenvalue weighted by atomic mass is 10.1. The van der Waals surface area contributed by atoms with E-state index in [1.54, 1.807) is 6.07 Å². The van der Waals surface area contributed by atoms with Gasteiger partial charge in [-0.05, 0) is 35.9 Å². The lowest BCUT2D eigenvalue weighted by molar-refractivity contribution is 0.432. The summed E-state index contributed by atoms with van der Waals surface area (Å²) in [6.07, 6.45) is 4.64. The second kappa shape index (κ2) is 6.70. The molecule has 6 heteroatoms. The summed E-state index contributed by atoms with van der Waals surface area (Å²) in [5.41, 5.74) is 7.33. The standard InChI is InChI=1S/C14H20ClN5/c1-3-4-5-7-10(2)20-14(17-18-19-20)11-8-6-9-12(15)13(11)16/h6,8-10H,3-5,7,16H2,1-2H3. The number of anilines is 1. The molecule has 108 valence electrons. The SMILES string of the molecule is CCCCCC(C)n1nnnc1-c1cccc(Cl)c1N. The minimum atomic E-state index is 0.241. The second-order valence-electron chi connectivity index (χ2n) is 4.99. The van der Waals surface area contributed by atoms with Gasteiger partial charge in [-0.1, -0.05) is 43.9 Å². The lowest BCUT2D eigenvalue weighted by Crippen LogP contribution is -2.10. The van der Waals surface area contributed by atoms with Gasteiger partial charge in [0.1, 0.15) is 0 Å². The van der Waals surface area contributed by atoms with E-state index in [1.165, 1.54) is 19.3 Å². The van der Waals surface area contributed by atoms with Gasteiger partial charge < -0.3 is 5.73 Å². The molecule has 0 aliphatic rings. The van der Waals surface area contributed by atoms with Crippen molar-refractivity contribution in [2.24, 2.45) is 0 Å². The van der Waals surface area contributed by atoms with Crippen molar-refractivity contribution in [2.45, 2.75) is 45.6 Å². The normalized spacial score (nSPS) is 12.6. The maximum atomic E-state index is 6.06. The molecule has 2 N–H and O–H groups in total. The second-order valence-corrected chi connectivity index (χ2v) is 5.40. The van der Waals surface area contributed by atoms with Gasteiger partial charge in [0.15, 0.2) is 5.82 Å². The van der Waals surface area contributed by atoms with Crippen molar-refractivity contribution >= 4 is 17.3 Å². The van der Waals surface area contributed by atoms with Gasteiger partial charge in [-0.2, -0.15) is 0 Å². The molecule has 5 nitrogen and oxygen atoms in total. The van der Waals surface area contributed by atoms with E-state index in [2.05, 4.69) is 29.4 Å². The van der Waals surface area contributed by atoms with Gasteiger partial charge in [-0.15, -0.1) is 5.10 Å². The van der Waals surface area contributed by atoms with Gasteiger partial charge in [0.25, 0.3) is 0 Å². The highest BCUT2D eigenvalue weighted by Gasteiger charge is 2.17. The Hall–Kier alpha value is -1.62. The van der Waals surface area contributed by atoms with E-state index < -0.39 is 0 Å². The number of rotatable bonds is 6. The number of aromatic nitrogens is 4. The summed E-state index contributed by atoms with van der Waals surface area (Å²) in [6.45, 7) is 4.32. The molecular formula is C14H20ClN5. The third-order valence-electron chi connectivity index (χ3n) is 3.43. The van der Waals surface area contributed by atoms with Gasteiger partial charge in [-0.25, -0.2) is 4.68 Å². The first-order chi connectivity index (χ1) is 9.65. The van der Waals surface area contributed by atoms with Gasteiger partial charge in [0.2, 0.25) is 0 Å². The van der Waals surface area contributed by atoms with Crippen LogP contribution < -0.4 is 5.73 Å². The monoisotopic (exact) mass is 293 g/mol. The number of hydrogen-bond donors (Lipinski definition) is 1. The maximum Gasteiger partial charge on any atom is 0.184 e. The Morgan fingerprint density at radius 1 is 1.35 bits per heavy atom. The molecule has 1 unspecified atom stereocenters. The zero-order valence-corrected chi connectivity index (χ0v) is 12.6. The topological polar surface area (TPSA) is 69.6 Å². The molecule has 20 heavy (non-hydrogen) atoms. The van der Waals surface area contributed by atoms with E-state index in [0.29, 0.717) is 16.5 Å². The molecule has 0 aliphatic carbocycles. The Morgan fingerprint density at radius 2 is 2.15 bits per heavy atom. The van der Waals surface area contributed by atoms with Crippen molar-refractivity contribution in [3.05, 3.63) is 23.2 Å². The van der Waals surface area contributed by atoms with Crippen LogP contribution in [0.5, 0.6) is 0 Å². The molecule has 0 radical (unpaired) electrons. The van der Waals surface area contributed by atoms with Crippen LogP contribution in [0.4, 0.5) is 5.69 Å². The Bertz CT molecular complexity index is 566. The van der Waals surface area contributed by atoms with Crippen molar-refractivity contribution in [1.29, 1.82) is 0 Å². The number of unbranched alkanes of at least 4 members (excludes halogenated alkanes) is 2. The third-order valence-corrected chi connectivity index (χ3v) is 3.76. The van der Waals surface area contributed by atoms with Gasteiger partial charge >= 0.3 is 0 Å². The van der Waals surface area contributed by atoms with Crippen LogP contribution in [-0.2, 0) is 0 Å². The molecule has 1 atom stereocenters. The number of nitrogens with two attached hydrogens (primary N) is 1. The maximum absolute atomic E-state index is 6.06. The number of tetrazole rings is 1. The summed E-state index contributed by atoms with van der Waals surface area (Å²) in [6, 6.07) is 5.75. The summed E-state index contributed by atoms with van der Waals surface area (Å²) < 4.78 is 1.83. The highest BCUT2D eigenvalue weighted by molar-refractivity contribution is 6.33. The molecule has 2 aromatic rings. The molecule has 0 amide bonds. The summed E-state index contributed by atoms with van der Waals surface area (Å²) in [5, 5.41) is 12.5. The molecule has 1 aromatic heterocycles. The number of para-hydroxylation sites is 1. The van der Waals surface area contributed by atoms with Crippen LogP contribution in [0, 0.1) is 0 Å². The number of hydrogen-bond acceptors (Lipinski definition) is 4. The van der Waals surface area contributed by atoms with E-state index >= 15 is 0 Å². The van der Waals surface area contributed by atoms with Crippen LogP contribution in [-0.4, -0.2) is 20.2 Å². The van der Waals surface area contributed by atoms with Crippen molar-refractivity contribution < 1.29 is 0 Å². The number of nitrogens with zero attached hydrogens (tertiary/aromatic N) is 4. The van der Waals surface area contributed by atoms with Crippen molar-refractivity contribution in [3.63, 3.8) is 0 Å². The molecule has 2 rings (SSSR count). The van der Waals surface area contributed by atoms with Gasteiger partial charge in [-0.3, -0.25) is 0 Å². The van der Waals surface area contributed by atoms with E-state index in [9.17, 15) is 0 Å². The Morgan fingerprint density at radius 3 is 2.90 bits per heavy atom. The van der Waals surface area contributed by atoms with Crippen molar-refractivity contribution in [2.75, 3.05) is 5.73 Å². The van der Waals surface area contributed by atoms with Crippen LogP contribution in [0.15, 0.2) is 18.2 Å². The first-order valence-electron chi connectivity index (χ1n) is 6.97. The molecular weight excluding hydrogens is 274 g/mol. The van der Waals surface area contributed by atoms with E-state index in [4.69, 9.17) is 17.3 Å². The molecule has 0 bridgehead atoms. The number of benzene rings is 1.